The summed E-state index contributed by atoms with van der Waals surface area (Å²) in [5.74, 6) is 0.548. The minimum Gasteiger partial charge on any atom is -0.508 e. The lowest BCUT2D eigenvalue weighted by atomic mass is 9.86. The summed E-state index contributed by atoms with van der Waals surface area (Å²) in [5.41, 5.74) is 2.50. The molecule has 0 heterocycles. The monoisotopic (exact) mass is 356 g/mol. The summed E-state index contributed by atoms with van der Waals surface area (Å²) in [7, 11) is -1.57. The van der Waals surface area contributed by atoms with Crippen LogP contribution < -0.4 is 5.19 Å². The minimum atomic E-state index is -1.57. The van der Waals surface area contributed by atoms with Crippen molar-refractivity contribution in [3.63, 3.8) is 0 Å². The Hall–Kier alpha value is -0.283. The van der Waals surface area contributed by atoms with E-state index in [1.807, 2.05) is 0 Å². The second-order valence-electron chi connectivity index (χ2n) is 6.76. The predicted octanol–water partition coefficient (Wildman–Crippen LogP) is 5.30. The van der Waals surface area contributed by atoms with Crippen LogP contribution in [0.5, 0.6) is 5.75 Å². The van der Waals surface area contributed by atoms with E-state index < -0.39 is 8.07 Å². The molecule has 0 atom stereocenters. The molecule has 1 N–H and O–H groups in total. The highest BCUT2D eigenvalue weighted by Gasteiger charge is 2.33. The van der Waals surface area contributed by atoms with Crippen LogP contribution >= 0.6 is 15.9 Å². The van der Waals surface area contributed by atoms with Crippen molar-refractivity contribution in [2.24, 2.45) is 0 Å². The third-order valence-electron chi connectivity index (χ3n) is 4.80. The number of aromatic hydroxyl groups is 1. The predicted molar refractivity (Wildman–Crippen MR) is 96.3 cm³/mol. The maximum absolute atomic E-state index is 10.7. The van der Waals surface area contributed by atoms with Gasteiger partial charge >= 0.3 is 0 Å². The van der Waals surface area contributed by atoms with Crippen molar-refractivity contribution in [3.05, 3.63) is 23.3 Å². The van der Waals surface area contributed by atoms with Gasteiger partial charge in [-0.1, -0.05) is 87.7 Å². The van der Waals surface area contributed by atoms with E-state index >= 15 is 0 Å². The molecule has 1 nitrogen and oxygen atoms in total. The van der Waals surface area contributed by atoms with Gasteiger partial charge in [-0.25, -0.2) is 0 Å². The van der Waals surface area contributed by atoms with Crippen LogP contribution in [0.1, 0.15) is 52.7 Å². The number of rotatable bonds is 5. The molecule has 0 fully saturated rings. The molecular formula is C17H29BrOSi. The number of hydrogen-bond acceptors (Lipinski definition) is 1. The quantitative estimate of drug-likeness (QED) is 0.560. The maximum Gasteiger partial charge on any atom is 0.118 e. The van der Waals surface area contributed by atoms with Crippen LogP contribution in [-0.4, -0.2) is 13.2 Å². The average molecular weight is 357 g/mol. The first-order valence-corrected chi connectivity index (χ1v) is 11.4. The van der Waals surface area contributed by atoms with E-state index in [9.17, 15) is 5.11 Å². The second-order valence-corrected chi connectivity index (χ2v) is 12.5. The van der Waals surface area contributed by atoms with Gasteiger partial charge in [0, 0.05) is 10.9 Å². The van der Waals surface area contributed by atoms with E-state index in [-0.39, 0.29) is 5.41 Å². The molecule has 20 heavy (non-hydrogen) atoms. The topological polar surface area (TPSA) is 20.2 Å². The molecule has 1 aromatic carbocycles. The van der Waals surface area contributed by atoms with E-state index in [2.05, 4.69) is 69.6 Å². The van der Waals surface area contributed by atoms with Crippen LogP contribution in [0.4, 0.5) is 0 Å². The Bertz CT molecular complexity index is 451. The molecule has 0 spiro atoms. The molecule has 0 aliphatic heterocycles. The minimum absolute atomic E-state index is 0.120. The number of phenols is 1. The molecule has 0 radical (unpaired) electrons. The van der Waals surface area contributed by atoms with Gasteiger partial charge in [0.1, 0.15) is 5.75 Å². The molecule has 0 aliphatic rings. The molecule has 1 aromatic rings. The molecule has 0 saturated heterocycles. The van der Waals surface area contributed by atoms with Gasteiger partial charge in [0.2, 0.25) is 0 Å². The van der Waals surface area contributed by atoms with E-state index in [0.717, 1.165) is 10.9 Å². The Morgan fingerprint density at radius 2 is 1.55 bits per heavy atom. The van der Waals surface area contributed by atoms with Crippen LogP contribution in [0, 0.1) is 0 Å². The molecule has 0 bridgehead atoms. The van der Waals surface area contributed by atoms with Gasteiger partial charge in [-0.2, -0.15) is 0 Å². The highest BCUT2D eigenvalue weighted by Crippen LogP contribution is 2.32. The summed E-state index contributed by atoms with van der Waals surface area (Å²) >= 11 is 3.53. The Kier molecular flexibility index (Phi) is 5.91. The number of benzene rings is 1. The smallest absolute Gasteiger partial charge is 0.118 e. The number of halogens is 1. The van der Waals surface area contributed by atoms with Crippen molar-refractivity contribution in [3.8, 4) is 5.75 Å². The first-order valence-electron chi connectivity index (χ1n) is 7.68. The van der Waals surface area contributed by atoms with Crippen LogP contribution in [0.3, 0.4) is 0 Å². The molecule has 0 unspecified atom stereocenters. The highest BCUT2D eigenvalue weighted by molar-refractivity contribution is 9.08. The third-order valence-corrected chi connectivity index (χ3v) is 11.0. The molecule has 114 valence electrons. The van der Waals surface area contributed by atoms with Gasteiger partial charge in [-0.05, 0) is 16.2 Å². The van der Waals surface area contributed by atoms with Crippen LogP contribution in [0.2, 0.25) is 18.1 Å². The second kappa shape index (κ2) is 6.65. The van der Waals surface area contributed by atoms with Crippen molar-refractivity contribution in [2.75, 3.05) is 0 Å². The zero-order chi connectivity index (χ0) is 15.6. The van der Waals surface area contributed by atoms with Gasteiger partial charge in [0.25, 0.3) is 0 Å². The van der Waals surface area contributed by atoms with Crippen molar-refractivity contribution < 1.29 is 5.11 Å². The fourth-order valence-electron chi connectivity index (χ4n) is 2.96. The summed E-state index contributed by atoms with van der Waals surface area (Å²) in [6.07, 6.45) is 0. The first kappa shape index (κ1) is 17.8. The number of hydrogen-bond donors (Lipinski definition) is 1. The van der Waals surface area contributed by atoms with Gasteiger partial charge in [0.15, 0.2) is 0 Å². The van der Waals surface area contributed by atoms with Crippen molar-refractivity contribution in [1.29, 1.82) is 0 Å². The zero-order valence-electron chi connectivity index (χ0n) is 13.8. The highest BCUT2D eigenvalue weighted by atomic mass is 79.9. The SMILES string of the molecule is CC[Si](CC)(CC)c1cc(C(C)(C)C)cc(CBr)c1O. The Balaban J connectivity index is 3.60. The van der Waals surface area contributed by atoms with E-state index in [1.54, 1.807) is 0 Å². The molecule has 0 aliphatic carbocycles. The molecular weight excluding hydrogens is 328 g/mol. The van der Waals surface area contributed by atoms with Crippen molar-refractivity contribution >= 4 is 29.2 Å². The fourth-order valence-corrected chi connectivity index (χ4v) is 7.15. The van der Waals surface area contributed by atoms with Gasteiger partial charge in [-0.15, -0.1) is 0 Å². The lowest BCUT2D eigenvalue weighted by Gasteiger charge is -2.32. The Morgan fingerprint density at radius 1 is 1.05 bits per heavy atom. The van der Waals surface area contributed by atoms with E-state index in [4.69, 9.17) is 0 Å². The van der Waals surface area contributed by atoms with E-state index in [1.165, 1.54) is 28.9 Å². The largest absolute Gasteiger partial charge is 0.508 e. The normalized spacial score (nSPS) is 12.8. The molecule has 1 rings (SSSR count). The van der Waals surface area contributed by atoms with E-state index in [0.29, 0.717) is 5.75 Å². The van der Waals surface area contributed by atoms with Crippen molar-refractivity contribution in [1.82, 2.24) is 0 Å². The standard InChI is InChI=1S/C17H29BrOSi/c1-7-20(8-2,9-3)15-11-14(17(4,5)6)10-13(12-18)16(15)19/h10-11,19H,7-9,12H2,1-6H3. The van der Waals surface area contributed by atoms with Crippen LogP contribution in [0.25, 0.3) is 0 Å². The molecule has 0 amide bonds. The number of phenolic OH excluding ortho intramolecular Hbond substituents is 1. The number of alkyl halides is 1. The first-order chi connectivity index (χ1) is 9.25. The Labute approximate surface area is 133 Å². The maximum atomic E-state index is 10.7. The van der Waals surface area contributed by atoms with Gasteiger partial charge < -0.3 is 5.11 Å². The summed E-state index contributed by atoms with van der Waals surface area (Å²) in [5, 5.41) is 12.7. The lowest BCUT2D eigenvalue weighted by Crippen LogP contribution is -2.46. The summed E-state index contributed by atoms with van der Waals surface area (Å²) in [4.78, 5) is 0. The lowest BCUT2D eigenvalue weighted by molar-refractivity contribution is 0.473. The molecule has 0 aromatic heterocycles. The average Bonchev–Trinajstić information content (AvgIpc) is 2.41. The third kappa shape index (κ3) is 3.30. The fraction of sp³-hybridized carbons (Fsp3) is 0.647. The molecule has 0 saturated carbocycles. The van der Waals surface area contributed by atoms with Crippen LogP contribution in [-0.2, 0) is 10.7 Å². The summed E-state index contributed by atoms with van der Waals surface area (Å²) in [6, 6.07) is 8.05. The van der Waals surface area contributed by atoms with Gasteiger partial charge in [-0.3, -0.25) is 0 Å². The summed E-state index contributed by atoms with van der Waals surface area (Å²) in [6.45, 7) is 13.6. The Morgan fingerprint density at radius 3 is 1.90 bits per heavy atom. The van der Waals surface area contributed by atoms with Gasteiger partial charge in [0.05, 0.1) is 8.07 Å². The summed E-state index contributed by atoms with van der Waals surface area (Å²) < 4.78 is 0. The van der Waals surface area contributed by atoms with Crippen LogP contribution in [0.15, 0.2) is 12.1 Å². The zero-order valence-corrected chi connectivity index (χ0v) is 16.4. The molecule has 3 heteroatoms. The van der Waals surface area contributed by atoms with Crippen molar-refractivity contribution in [2.45, 2.75) is 70.4 Å².